The van der Waals surface area contributed by atoms with Crippen molar-refractivity contribution in [3.63, 3.8) is 0 Å². The third-order valence-electron chi connectivity index (χ3n) is 4.22. The zero-order valence-electron chi connectivity index (χ0n) is 11.7. The summed E-state index contributed by atoms with van der Waals surface area (Å²) in [5.74, 6) is -0.816. The summed E-state index contributed by atoms with van der Waals surface area (Å²) >= 11 is 3.27. The van der Waals surface area contributed by atoms with E-state index in [2.05, 4.69) is 15.9 Å². The second-order valence-electron chi connectivity index (χ2n) is 5.22. The van der Waals surface area contributed by atoms with Gasteiger partial charge in [-0.2, -0.15) is 0 Å². The van der Waals surface area contributed by atoms with E-state index in [1.807, 2.05) is 11.8 Å². The molecule has 0 aromatic heterocycles. The monoisotopic (exact) mass is 356 g/mol. The number of aliphatic carboxylic acids is 1. The largest absolute Gasteiger partial charge is 0.480 e. The van der Waals surface area contributed by atoms with Crippen molar-refractivity contribution in [2.75, 3.05) is 6.54 Å². The molecule has 6 nitrogen and oxygen atoms in total. The number of carbonyl (C=O) groups is 1. The van der Waals surface area contributed by atoms with Crippen LogP contribution in [0.5, 0.6) is 0 Å². The average Bonchev–Trinajstić information content (AvgIpc) is 2.84. The minimum Gasteiger partial charge on any atom is -0.480 e. The summed E-state index contributed by atoms with van der Waals surface area (Å²) in [4.78, 5) is 24.1. The lowest BCUT2D eigenvalue weighted by Gasteiger charge is -2.34. The van der Waals surface area contributed by atoms with Crippen LogP contribution in [0.1, 0.15) is 31.7 Å². The van der Waals surface area contributed by atoms with Crippen LogP contribution in [-0.4, -0.2) is 33.0 Å². The van der Waals surface area contributed by atoms with E-state index in [-0.39, 0.29) is 5.69 Å². The second-order valence-corrected chi connectivity index (χ2v) is 6.02. The summed E-state index contributed by atoms with van der Waals surface area (Å²) in [7, 11) is 0. The van der Waals surface area contributed by atoms with Crippen LogP contribution in [0, 0.1) is 10.1 Å². The maximum absolute atomic E-state index is 11.7. The van der Waals surface area contributed by atoms with Crippen LogP contribution in [-0.2, 0) is 11.3 Å². The highest BCUT2D eigenvalue weighted by molar-refractivity contribution is 9.10. The van der Waals surface area contributed by atoms with Gasteiger partial charge in [-0.25, -0.2) is 0 Å². The molecule has 1 aromatic carbocycles. The molecule has 0 radical (unpaired) electrons. The fraction of sp³-hybridized carbons (Fsp3) is 0.500. The first-order valence-corrected chi connectivity index (χ1v) is 7.62. The predicted octanol–water partition coefficient (Wildman–Crippen LogP) is 3.19. The Bertz CT molecular complexity index is 578. The van der Waals surface area contributed by atoms with Crippen molar-refractivity contribution in [1.29, 1.82) is 0 Å². The minimum absolute atomic E-state index is 0.00382. The van der Waals surface area contributed by atoms with Crippen molar-refractivity contribution in [3.8, 4) is 0 Å². The van der Waals surface area contributed by atoms with Crippen molar-refractivity contribution < 1.29 is 14.8 Å². The molecule has 1 aliphatic heterocycles. The predicted molar refractivity (Wildman–Crippen MR) is 81.1 cm³/mol. The van der Waals surface area contributed by atoms with E-state index in [4.69, 9.17) is 0 Å². The second kappa shape index (κ2) is 6.11. The first-order valence-electron chi connectivity index (χ1n) is 6.82. The highest BCUT2D eigenvalue weighted by atomic mass is 79.9. The third kappa shape index (κ3) is 2.80. The Morgan fingerprint density at radius 3 is 2.86 bits per heavy atom. The molecule has 1 saturated heterocycles. The normalized spacial score (nSPS) is 22.4. The van der Waals surface area contributed by atoms with Gasteiger partial charge in [0.05, 0.1) is 9.40 Å². The maximum atomic E-state index is 11.7. The van der Waals surface area contributed by atoms with Crippen LogP contribution in [0.2, 0.25) is 0 Å². The van der Waals surface area contributed by atoms with Gasteiger partial charge in [0.15, 0.2) is 0 Å². The van der Waals surface area contributed by atoms with Crippen molar-refractivity contribution >= 4 is 27.6 Å². The number of halogens is 1. The van der Waals surface area contributed by atoms with Gasteiger partial charge in [0, 0.05) is 12.6 Å². The number of hydrogen-bond acceptors (Lipinski definition) is 4. The van der Waals surface area contributed by atoms with Gasteiger partial charge < -0.3 is 5.11 Å². The van der Waals surface area contributed by atoms with Gasteiger partial charge in [-0.1, -0.05) is 19.1 Å². The van der Waals surface area contributed by atoms with Crippen molar-refractivity contribution in [3.05, 3.63) is 38.3 Å². The summed E-state index contributed by atoms with van der Waals surface area (Å²) in [6.45, 7) is 2.95. The van der Waals surface area contributed by atoms with E-state index in [1.165, 1.54) is 6.07 Å². The molecule has 0 saturated carbocycles. The SMILES string of the molecule is CCC1(C(=O)O)CCCN1Cc1cccc([N+](=O)[O-])c1Br. The fourth-order valence-electron chi connectivity index (χ4n) is 2.99. The molecule has 114 valence electrons. The van der Waals surface area contributed by atoms with Crippen molar-refractivity contribution in [1.82, 2.24) is 4.90 Å². The van der Waals surface area contributed by atoms with Crippen LogP contribution in [0.25, 0.3) is 0 Å². The number of carboxylic acids is 1. The molecule has 1 unspecified atom stereocenters. The Morgan fingerprint density at radius 2 is 2.29 bits per heavy atom. The zero-order chi connectivity index (χ0) is 15.6. The molecule has 0 amide bonds. The van der Waals surface area contributed by atoms with Gasteiger partial charge in [-0.05, 0) is 47.3 Å². The molecule has 1 fully saturated rings. The van der Waals surface area contributed by atoms with E-state index in [1.54, 1.807) is 12.1 Å². The zero-order valence-corrected chi connectivity index (χ0v) is 13.3. The topological polar surface area (TPSA) is 83.7 Å². The Morgan fingerprint density at radius 1 is 1.57 bits per heavy atom. The number of nitro benzene ring substituents is 1. The van der Waals surface area contributed by atoms with Crippen molar-refractivity contribution in [2.24, 2.45) is 0 Å². The molecule has 0 spiro atoms. The number of likely N-dealkylation sites (tertiary alicyclic amines) is 1. The first-order chi connectivity index (χ1) is 9.92. The number of nitro groups is 1. The lowest BCUT2D eigenvalue weighted by Crippen LogP contribution is -2.49. The first kappa shape index (κ1) is 15.9. The van der Waals surface area contributed by atoms with Crippen LogP contribution in [0.3, 0.4) is 0 Å². The maximum Gasteiger partial charge on any atom is 0.324 e. The molecule has 1 aromatic rings. The summed E-state index contributed by atoms with van der Waals surface area (Å²) in [6, 6.07) is 4.85. The molecular formula is C14H17BrN2O4. The highest BCUT2D eigenvalue weighted by Crippen LogP contribution is 2.36. The van der Waals surface area contributed by atoms with Gasteiger partial charge >= 0.3 is 5.97 Å². The summed E-state index contributed by atoms with van der Waals surface area (Å²) in [6.07, 6.45) is 1.97. The molecule has 1 aliphatic rings. The Labute approximate surface area is 131 Å². The molecule has 0 aliphatic carbocycles. The molecule has 1 N–H and O–H groups in total. The van der Waals surface area contributed by atoms with Crippen LogP contribution < -0.4 is 0 Å². The number of rotatable bonds is 5. The lowest BCUT2D eigenvalue weighted by atomic mass is 9.92. The third-order valence-corrected chi connectivity index (χ3v) is 5.14. The smallest absolute Gasteiger partial charge is 0.324 e. The number of carboxylic acid groups (broad SMARTS) is 1. The van der Waals surface area contributed by atoms with Gasteiger partial charge in [-0.15, -0.1) is 0 Å². The summed E-state index contributed by atoms with van der Waals surface area (Å²) < 4.78 is 0.428. The molecule has 1 heterocycles. The van der Waals surface area contributed by atoms with E-state index in [0.29, 0.717) is 30.4 Å². The standard InChI is InChI=1S/C14H17BrN2O4/c1-2-14(13(18)19)7-4-8-16(14)9-10-5-3-6-11(12(10)15)17(20)21/h3,5-6H,2,4,7-9H2,1H3,(H,18,19). The van der Waals surface area contributed by atoms with Crippen molar-refractivity contribution in [2.45, 2.75) is 38.3 Å². The Hall–Kier alpha value is -1.47. The number of hydrogen-bond donors (Lipinski definition) is 1. The molecular weight excluding hydrogens is 340 g/mol. The number of benzene rings is 1. The van der Waals surface area contributed by atoms with Crippen LogP contribution >= 0.6 is 15.9 Å². The van der Waals surface area contributed by atoms with Gasteiger partial charge in [0.2, 0.25) is 0 Å². The summed E-state index contributed by atoms with van der Waals surface area (Å²) in [5, 5.41) is 20.5. The summed E-state index contributed by atoms with van der Waals surface area (Å²) in [5.41, 5.74) is -0.112. The van der Waals surface area contributed by atoms with E-state index >= 15 is 0 Å². The molecule has 1 atom stereocenters. The van der Waals surface area contributed by atoms with E-state index in [0.717, 1.165) is 12.0 Å². The van der Waals surface area contributed by atoms with Gasteiger partial charge in [0.25, 0.3) is 5.69 Å². The quantitative estimate of drug-likeness (QED) is 0.646. The number of nitrogens with zero attached hydrogens (tertiary/aromatic N) is 2. The van der Waals surface area contributed by atoms with E-state index < -0.39 is 16.4 Å². The van der Waals surface area contributed by atoms with Gasteiger partial charge in [-0.3, -0.25) is 19.8 Å². The Balaban J connectivity index is 2.32. The van der Waals surface area contributed by atoms with Crippen LogP contribution in [0.15, 0.2) is 22.7 Å². The minimum atomic E-state index is -0.857. The molecule has 21 heavy (non-hydrogen) atoms. The highest BCUT2D eigenvalue weighted by Gasteiger charge is 2.46. The average molecular weight is 357 g/mol. The fourth-order valence-corrected chi connectivity index (χ4v) is 3.53. The molecule has 0 bridgehead atoms. The molecule has 2 rings (SSSR count). The lowest BCUT2D eigenvalue weighted by molar-refractivity contribution is -0.385. The van der Waals surface area contributed by atoms with Crippen LogP contribution in [0.4, 0.5) is 5.69 Å². The van der Waals surface area contributed by atoms with Gasteiger partial charge in [0.1, 0.15) is 5.54 Å². The van der Waals surface area contributed by atoms with E-state index in [9.17, 15) is 20.0 Å². The Kier molecular flexibility index (Phi) is 4.63. The molecule has 7 heteroatoms.